The molecule has 0 aromatic heterocycles. The van der Waals surface area contributed by atoms with Crippen molar-refractivity contribution in [2.24, 2.45) is 5.14 Å². The zero-order valence-electron chi connectivity index (χ0n) is 13.0. The Labute approximate surface area is 141 Å². The Bertz CT molecular complexity index is 801. The van der Waals surface area contributed by atoms with Crippen molar-refractivity contribution in [3.63, 3.8) is 0 Å². The molecule has 2 aromatic rings. The van der Waals surface area contributed by atoms with E-state index in [0.717, 1.165) is 11.1 Å². The Morgan fingerprint density at radius 2 is 1.71 bits per heavy atom. The molecular weight excluding hydrogens is 326 g/mol. The summed E-state index contributed by atoms with van der Waals surface area (Å²) >= 11 is 0. The van der Waals surface area contributed by atoms with Crippen LogP contribution in [0.5, 0.6) is 0 Å². The number of benzene rings is 2. The Morgan fingerprint density at radius 1 is 1.04 bits per heavy atom. The third-order valence-corrected chi connectivity index (χ3v) is 4.17. The molecule has 2 amide bonds. The van der Waals surface area contributed by atoms with Gasteiger partial charge in [0.2, 0.25) is 10.0 Å². The Kier molecular flexibility index (Phi) is 6.11. The number of amides is 2. The van der Waals surface area contributed by atoms with Gasteiger partial charge < -0.3 is 10.6 Å². The molecule has 6 nitrogen and oxygen atoms in total. The smallest absolute Gasteiger partial charge is 0.318 e. The summed E-state index contributed by atoms with van der Waals surface area (Å²) in [5.41, 5.74) is 1.90. The van der Waals surface area contributed by atoms with Crippen molar-refractivity contribution in [3.05, 3.63) is 71.9 Å². The lowest BCUT2D eigenvalue weighted by molar-refractivity contribution is 0.244. The predicted molar refractivity (Wildman–Crippen MR) is 93.5 cm³/mol. The van der Waals surface area contributed by atoms with E-state index in [4.69, 9.17) is 5.14 Å². The maximum Gasteiger partial charge on any atom is 0.318 e. The molecule has 0 heterocycles. The van der Waals surface area contributed by atoms with Crippen LogP contribution in [0, 0.1) is 0 Å². The molecule has 0 atom stereocenters. The molecule has 24 heavy (non-hydrogen) atoms. The molecule has 0 saturated heterocycles. The van der Waals surface area contributed by atoms with Gasteiger partial charge in [0.1, 0.15) is 0 Å². The van der Waals surface area contributed by atoms with Crippen molar-refractivity contribution in [1.29, 1.82) is 0 Å². The highest BCUT2D eigenvalue weighted by Gasteiger charge is 2.06. The Morgan fingerprint density at radius 3 is 2.33 bits per heavy atom. The lowest BCUT2D eigenvalue weighted by Crippen LogP contribution is -2.33. The van der Waals surface area contributed by atoms with E-state index >= 15 is 0 Å². The zero-order chi connectivity index (χ0) is 17.4. The molecule has 126 valence electrons. The van der Waals surface area contributed by atoms with Crippen molar-refractivity contribution in [3.8, 4) is 0 Å². The number of rotatable bonds is 6. The minimum atomic E-state index is -3.67. The molecule has 0 unspecified atom stereocenters. The summed E-state index contributed by atoms with van der Waals surface area (Å²) in [6.45, 7) is 0.430. The van der Waals surface area contributed by atoms with Crippen molar-refractivity contribution in [2.75, 3.05) is 6.54 Å². The largest absolute Gasteiger partial charge is 0.338 e. The summed E-state index contributed by atoms with van der Waals surface area (Å²) in [5.74, 6) is 0. The standard InChI is InChI=1S/C17H19N3O3S/c18-24(22,23)16-8-6-15(7-9-16)11-13-20-17(21)19-12-10-14-4-2-1-3-5-14/h1-10,12H,11,13H2,(H2,18,22,23)(H2,19,20,21)/b12-10+. The van der Waals surface area contributed by atoms with E-state index in [1.165, 1.54) is 12.1 Å². The predicted octanol–water partition coefficient (Wildman–Crippen LogP) is 1.85. The second-order valence-corrected chi connectivity index (χ2v) is 6.64. The number of carbonyl (C=O) groups is 1. The molecule has 0 spiro atoms. The summed E-state index contributed by atoms with van der Waals surface area (Å²) in [4.78, 5) is 11.7. The van der Waals surface area contributed by atoms with Gasteiger partial charge in [-0.15, -0.1) is 0 Å². The molecule has 0 fully saturated rings. The zero-order valence-corrected chi connectivity index (χ0v) is 13.8. The first-order chi connectivity index (χ1) is 11.4. The number of urea groups is 1. The van der Waals surface area contributed by atoms with Crippen molar-refractivity contribution < 1.29 is 13.2 Å². The molecule has 0 bridgehead atoms. The fraction of sp³-hybridized carbons (Fsp3) is 0.118. The minimum absolute atomic E-state index is 0.0722. The highest BCUT2D eigenvalue weighted by Crippen LogP contribution is 2.08. The van der Waals surface area contributed by atoms with Crippen LogP contribution in [0.15, 0.2) is 65.7 Å². The van der Waals surface area contributed by atoms with E-state index in [1.807, 2.05) is 30.3 Å². The second kappa shape index (κ2) is 8.28. The van der Waals surface area contributed by atoms with Crippen LogP contribution in [-0.4, -0.2) is 21.0 Å². The lowest BCUT2D eigenvalue weighted by atomic mass is 10.1. The van der Waals surface area contributed by atoms with Gasteiger partial charge in [-0.05, 0) is 35.8 Å². The normalized spacial score (nSPS) is 11.4. The molecule has 0 aliphatic heterocycles. The topological polar surface area (TPSA) is 101 Å². The van der Waals surface area contributed by atoms with Gasteiger partial charge in [-0.1, -0.05) is 42.5 Å². The minimum Gasteiger partial charge on any atom is -0.338 e. The second-order valence-electron chi connectivity index (χ2n) is 5.08. The fourth-order valence-corrected chi connectivity index (χ4v) is 2.51. The van der Waals surface area contributed by atoms with Gasteiger partial charge in [0.15, 0.2) is 0 Å². The summed E-state index contributed by atoms with van der Waals surface area (Å²) in [6.07, 6.45) is 3.96. The van der Waals surface area contributed by atoms with E-state index in [9.17, 15) is 13.2 Å². The van der Waals surface area contributed by atoms with Crippen LogP contribution in [0.4, 0.5) is 4.79 Å². The third-order valence-electron chi connectivity index (χ3n) is 3.24. The molecule has 4 N–H and O–H groups in total. The monoisotopic (exact) mass is 345 g/mol. The average molecular weight is 345 g/mol. The molecule has 2 rings (SSSR count). The van der Waals surface area contributed by atoms with Crippen LogP contribution in [0.1, 0.15) is 11.1 Å². The highest BCUT2D eigenvalue weighted by molar-refractivity contribution is 7.89. The van der Waals surface area contributed by atoms with Crippen molar-refractivity contribution in [2.45, 2.75) is 11.3 Å². The van der Waals surface area contributed by atoms with Crippen LogP contribution in [0.3, 0.4) is 0 Å². The van der Waals surface area contributed by atoms with Crippen LogP contribution < -0.4 is 15.8 Å². The van der Waals surface area contributed by atoms with Crippen LogP contribution >= 0.6 is 0 Å². The van der Waals surface area contributed by atoms with Crippen LogP contribution in [0.25, 0.3) is 6.08 Å². The summed E-state index contributed by atoms with van der Waals surface area (Å²) in [5, 5.41) is 10.4. The van der Waals surface area contributed by atoms with Crippen LogP contribution in [0.2, 0.25) is 0 Å². The number of sulfonamides is 1. The van der Waals surface area contributed by atoms with Gasteiger partial charge in [0.25, 0.3) is 0 Å². The average Bonchev–Trinajstić information content (AvgIpc) is 2.55. The first-order valence-electron chi connectivity index (χ1n) is 7.33. The lowest BCUT2D eigenvalue weighted by Gasteiger charge is -2.05. The number of nitrogens with one attached hydrogen (secondary N) is 2. The molecule has 0 saturated carbocycles. The van der Waals surface area contributed by atoms with Crippen LogP contribution in [-0.2, 0) is 16.4 Å². The van der Waals surface area contributed by atoms with Gasteiger partial charge >= 0.3 is 6.03 Å². The van der Waals surface area contributed by atoms with E-state index in [2.05, 4.69) is 10.6 Å². The maximum atomic E-state index is 11.6. The van der Waals surface area contributed by atoms with Crippen molar-refractivity contribution in [1.82, 2.24) is 10.6 Å². The Hall–Kier alpha value is -2.64. The first-order valence-corrected chi connectivity index (χ1v) is 8.87. The van der Waals surface area contributed by atoms with E-state index in [1.54, 1.807) is 24.4 Å². The molecule has 7 heteroatoms. The third kappa shape index (κ3) is 5.86. The Balaban J connectivity index is 1.73. The van der Waals surface area contributed by atoms with E-state index in [0.29, 0.717) is 13.0 Å². The SMILES string of the molecule is NS(=O)(=O)c1ccc(CCNC(=O)N/C=C/c2ccccc2)cc1. The number of nitrogens with two attached hydrogens (primary N) is 1. The number of hydrogen-bond acceptors (Lipinski definition) is 3. The van der Waals surface area contributed by atoms with Gasteiger partial charge in [-0.2, -0.15) is 0 Å². The van der Waals surface area contributed by atoms with E-state index < -0.39 is 10.0 Å². The molecule has 0 aliphatic carbocycles. The first kappa shape index (κ1) is 17.7. The maximum absolute atomic E-state index is 11.6. The van der Waals surface area contributed by atoms with Gasteiger partial charge in [0, 0.05) is 12.7 Å². The molecule has 0 aliphatic rings. The highest BCUT2D eigenvalue weighted by atomic mass is 32.2. The number of carbonyl (C=O) groups excluding carboxylic acids is 1. The quantitative estimate of drug-likeness (QED) is 0.744. The number of primary sulfonamides is 1. The van der Waals surface area contributed by atoms with E-state index in [-0.39, 0.29) is 10.9 Å². The molecule has 0 radical (unpaired) electrons. The number of hydrogen-bond donors (Lipinski definition) is 3. The van der Waals surface area contributed by atoms with Gasteiger partial charge in [-0.3, -0.25) is 0 Å². The van der Waals surface area contributed by atoms with Gasteiger partial charge in [0.05, 0.1) is 4.90 Å². The fourth-order valence-electron chi connectivity index (χ4n) is 1.99. The summed E-state index contributed by atoms with van der Waals surface area (Å²) in [7, 11) is -3.67. The van der Waals surface area contributed by atoms with Gasteiger partial charge in [-0.25, -0.2) is 18.4 Å². The van der Waals surface area contributed by atoms with Crippen molar-refractivity contribution >= 4 is 22.1 Å². The summed E-state index contributed by atoms with van der Waals surface area (Å²) < 4.78 is 22.3. The summed E-state index contributed by atoms with van der Waals surface area (Å²) in [6, 6.07) is 15.6. The molecular formula is C17H19N3O3S. The molecule has 2 aromatic carbocycles.